The van der Waals surface area contributed by atoms with E-state index in [-0.39, 0.29) is 47.8 Å². The second-order valence-corrected chi connectivity index (χ2v) is 13.4. The van der Waals surface area contributed by atoms with Gasteiger partial charge in [-0.2, -0.15) is 23.1 Å². The number of carbonyl (C=O) groups excluding carboxylic acids is 1. The van der Waals surface area contributed by atoms with Gasteiger partial charge in [0.05, 0.1) is 21.5 Å². The quantitative estimate of drug-likeness (QED) is 0.172. The third-order valence-electron chi connectivity index (χ3n) is 9.68. The van der Waals surface area contributed by atoms with Gasteiger partial charge >= 0.3 is 18.2 Å². The molecular formula is C32H34ClF5N6O3. The van der Waals surface area contributed by atoms with Gasteiger partial charge in [-0.25, -0.2) is 8.78 Å². The first-order valence-electron chi connectivity index (χ1n) is 15.9. The summed E-state index contributed by atoms with van der Waals surface area (Å²) in [5, 5.41) is 2.96. The van der Waals surface area contributed by atoms with Crippen molar-refractivity contribution in [2.75, 3.05) is 37.7 Å². The van der Waals surface area contributed by atoms with E-state index in [1.165, 1.54) is 6.20 Å². The number of rotatable bonds is 8. The first-order valence-corrected chi connectivity index (χ1v) is 16.3. The van der Waals surface area contributed by atoms with Gasteiger partial charge < -0.3 is 19.7 Å². The van der Waals surface area contributed by atoms with E-state index >= 15 is 4.39 Å². The molecule has 4 atom stereocenters. The number of ether oxygens (including phenoxy) is 2. The van der Waals surface area contributed by atoms with Crippen LogP contribution in [0.15, 0.2) is 18.3 Å². The number of hydrogen-bond donors (Lipinski definition) is 1. The molecule has 4 fully saturated rings. The van der Waals surface area contributed by atoms with Gasteiger partial charge in [0.25, 0.3) is 0 Å². The Morgan fingerprint density at radius 1 is 1.17 bits per heavy atom. The van der Waals surface area contributed by atoms with E-state index in [4.69, 9.17) is 21.1 Å². The van der Waals surface area contributed by atoms with Crippen LogP contribution in [0.5, 0.6) is 11.8 Å². The number of fused-ring (bicyclic) bond motifs is 4. The van der Waals surface area contributed by atoms with Crippen molar-refractivity contribution in [3.8, 4) is 23.0 Å². The van der Waals surface area contributed by atoms with Crippen LogP contribution in [0, 0.1) is 5.82 Å². The summed E-state index contributed by atoms with van der Waals surface area (Å²) in [4.78, 5) is 29.4. The molecule has 2 aromatic heterocycles. The number of esters is 1. The lowest BCUT2D eigenvalue weighted by Crippen LogP contribution is -2.51. The molecule has 0 amide bonds. The first-order chi connectivity index (χ1) is 22.4. The molecule has 3 aromatic rings. The summed E-state index contributed by atoms with van der Waals surface area (Å²) in [5.41, 5.74) is -3.51. The Kier molecular flexibility index (Phi) is 8.40. The van der Waals surface area contributed by atoms with Gasteiger partial charge in [0, 0.05) is 62.4 Å². The number of aromatic nitrogens is 3. The molecule has 7 rings (SSSR count). The van der Waals surface area contributed by atoms with Crippen LogP contribution in [0.1, 0.15) is 57.4 Å². The minimum atomic E-state index is -4.99. The van der Waals surface area contributed by atoms with Crippen molar-refractivity contribution in [2.45, 2.75) is 81.8 Å². The number of alkyl halides is 4. The molecule has 6 heterocycles. The molecule has 47 heavy (non-hydrogen) atoms. The Balaban J connectivity index is 1.34. The predicted octanol–water partition coefficient (Wildman–Crippen LogP) is 6.10. The van der Waals surface area contributed by atoms with Crippen LogP contribution >= 0.6 is 11.6 Å². The van der Waals surface area contributed by atoms with Crippen LogP contribution in [0.2, 0.25) is 5.02 Å². The molecule has 4 aliphatic rings. The number of halogens is 6. The van der Waals surface area contributed by atoms with Crippen molar-refractivity contribution in [1.29, 1.82) is 0 Å². The summed E-state index contributed by atoms with van der Waals surface area (Å²) >= 11 is 6.09. The summed E-state index contributed by atoms with van der Waals surface area (Å²) in [6.07, 6.45) is -0.384. The molecule has 0 spiro atoms. The minimum Gasteiger partial charge on any atom is -0.461 e. The highest BCUT2D eigenvalue weighted by Crippen LogP contribution is 2.45. The third kappa shape index (κ3) is 6.08. The number of anilines is 1. The van der Waals surface area contributed by atoms with Crippen LogP contribution in [-0.2, 0) is 11.0 Å². The van der Waals surface area contributed by atoms with Gasteiger partial charge in [-0.05, 0) is 44.7 Å². The third-order valence-corrected chi connectivity index (χ3v) is 9.98. The van der Waals surface area contributed by atoms with E-state index in [9.17, 15) is 22.4 Å². The lowest BCUT2D eigenvalue weighted by atomic mass is 9.95. The maximum atomic E-state index is 16.7. The highest BCUT2D eigenvalue weighted by Gasteiger charge is 2.49. The van der Waals surface area contributed by atoms with Gasteiger partial charge in [-0.3, -0.25) is 14.7 Å². The molecule has 1 N–H and O–H groups in total. The molecule has 1 aromatic carbocycles. The molecule has 4 aliphatic heterocycles. The summed E-state index contributed by atoms with van der Waals surface area (Å²) in [5.74, 6) is -1.73. The fraction of sp³-hybridized carbons (Fsp3) is 0.562. The molecule has 2 unspecified atom stereocenters. The Bertz CT molecular complexity index is 1700. The molecule has 0 saturated carbocycles. The zero-order chi connectivity index (χ0) is 33.1. The number of carbonyl (C=O) groups is 1. The van der Waals surface area contributed by atoms with Gasteiger partial charge in [-0.1, -0.05) is 18.5 Å². The fourth-order valence-electron chi connectivity index (χ4n) is 7.63. The smallest absolute Gasteiger partial charge is 0.418 e. The van der Waals surface area contributed by atoms with Crippen LogP contribution in [0.25, 0.3) is 22.2 Å². The maximum Gasteiger partial charge on any atom is 0.418 e. The van der Waals surface area contributed by atoms with Crippen molar-refractivity contribution in [3.63, 3.8) is 0 Å². The van der Waals surface area contributed by atoms with Gasteiger partial charge in [0.15, 0.2) is 5.82 Å². The van der Waals surface area contributed by atoms with E-state index in [1.54, 1.807) is 6.92 Å². The zero-order valence-electron chi connectivity index (χ0n) is 25.7. The number of pyridine rings is 1. The Hall–Kier alpha value is -3.36. The second-order valence-electron chi connectivity index (χ2n) is 13.0. The second kappa shape index (κ2) is 12.3. The summed E-state index contributed by atoms with van der Waals surface area (Å²) in [6, 6.07) is 2.02. The first kappa shape index (κ1) is 32.2. The zero-order valence-corrected chi connectivity index (χ0v) is 26.4. The molecule has 2 bridgehead atoms. The van der Waals surface area contributed by atoms with Crippen molar-refractivity contribution in [2.24, 2.45) is 0 Å². The lowest BCUT2D eigenvalue weighted by molar-refractivity contribution is -0.137. The van der Waals surface area contributed by atoms with Gasteiger partial charge in [0.2, 0.25) is 0 Å². The average molecular weight is 681 g/mol. The Morgan fingerprint density at radius 3 is 2.66 bits per heavy atom. The van der Waals surface area contributed by atoms with Crippen molar-refractivity contribution < 1.29 is 36.2 Å². The predicted molar refractivity (Wildman–Crippen MR) is 164 cm³/mol. The monoisotopic (exact) mass is 680 g/mol. The van der Waals surface area contributed by atoms with E-state index in [0.29, 0.717) is 38.3 Å². The largest absolute Gasteiger partial charge is 0.461 e. The molecule has 252 valence electrons. The highest BCUT2D eigenvalue weighted by molar-refractivity contribution is 6.32. The van der Waals surface area contributed by atoms with E-state index in [0.717, 1.165) is 44.4 Å². The van der Waals surface area contributed by atoms with E-state index in [2.05, 4.69) is 25.2 Å². The standard InChI is InChI=1S/C32H34ClF5N6O3/c1-2-4-24(45)47-20-9-21(25(23(33)10-20)32(36,37)38)27-26(35)28-22(12-39-27)29(43-14-18-5-6-19(15-43)40-18)42-30(41-28)46-16-31-7-3-8-44(31)13-17(34)11-31/h9-10,12,17-19,40H,2-8,11,13-16H2,1H3/t17-,18?,19?,31+/m1/s1. The Morgan fingerprint density at radius 2 is 1.94 bits per heavy atom. The lowest BCUT2D eigenvalue weighted by Gasteiger charge is -2.34. The van der Waals surface area contributed by atoms with Crippen molar-refractivity contribution in [1.82, 2.24) is 25.2 Å². The van der Waals surface area contributed by atoms with Gasteiger partial charge in [-0.15, -0.1) is 0 Å². The summed E-state index contributed by atoms with van der Waals surface area (Å²) in [7, 11) is 0. The summed E-state index contributed by atoms with van der Waals surface area (Å²) < 4.78 is 85.5. The van der Waals surface area contributed by atoms with Crippen LogP contribution in [0.3, 0.4) is 0 Å². The van der Waals surface area contributed by atoms with E-state index < -0.39 is 51.5 Å². The number of hydrogen-bond acceptors (Lipinski definition) is 9. The minimum absolute atomic E-state index is 0.0256. The number of benzene rings is 1. The normalized spacial score (nSPS) is 25.9. The Labute approximate surface area is 272 Å². The average Bonchev–Trinajstić information content (AvgIpc) is 3.65. The fourth-order valence-corrected chi connectivity index (χ4v) is 7.95. The summed E-state index contributed by atoms with van der Waals surface area (Å²) in [6.45, 7) is 4.05. The maximum absolute atomic E-state index is 16.7. The highest BCUT2D eigenvalue weighted by atomic mass is 35.5. The van der Waals surface area contributed by atoms with Crippen LogP contribution in [0.4, 0.5) is 27.8 Å². The molecule has 15 heteroatoms. The molecular weight excluding hydrogens is 647 g/mol. The molecule has 9 nitrogen and oxygen atoms in total. The number of nitrogens with one attached hydrogen (secondary N) is 1. The molecule has 0 aliphatic carbocycles. The van der Waals surface area contributed by atoms with Gasteiger partial charge in [0.1, 0.15) is 35.6 Å². The SMILES string of the molecule is CCCC(=O)Oc1cc(Cl)c(C(F)(F)F)c(-c2ncc3c(N4CC5CCC(C4)N5)nc(OC[C@@]45CCCN4C[C@H](F)C5)nc3c2F)c1. The topological polar surface area (TPSA) is 92.7 Å². The number of nitrogens with zero attached hydrogens (tertiary/aromatic N) is 5. The van der Waals surface area contributed by atoms with Crippen molar-refractivity contribution >= 4 is 34.3 Å². The van der Waals surface area contributed by atoms with Crippen molar-refractivity contribution in [3.05, 3.63) is 34.7 Å². The van der Waals surface area contributed by atoms with Crippen LogP contribution in [-0.4, -0.2) is 82.4 Å². The molecule has 4 saturated heterocycles. The molecule has 0 radical (unpaired) electrons. The van der Waals surface area contributed by atoms with E-state index in [1.807, 2.05) is 4.90 Å². The van der Waals surface area contributed by atoms with Crippen LogP contribution < -0.4 is 19.7 Å². The number of piperazine rings is 1.